The van der Waals surface area contributed by atoms with Gasteiger partial charge in [0, 0.05) is 38.9 Å². The lowest BCUT2D eigenvalue weighted by atomic mass is 10.1. The number of aryl methyl sites for hydroxylation is 1. The molecule has 8 heteroatoms. The lowest BCUT2D eigenvalue weighted by Gasteiger charge is -2.34. The smallest absolute Gasteiger partial charge is 0.407 e. The van der Waals surface area contributed by atoms with Gasteiger partial charge in [0.2, 0.25) is 0 Å². The van der Waals surface area contributed by atoms with Gasteiger partial charge in [0.05, 0.1) is 5.56 Å². The quantitative estimate of drug-likeness (QED) is 0.908. The number of hydrogen-bond donors (Lipinski definition) is 1. The second-order valence-corrected chi connectivity index (χ2v) is 5.16. The van der Waals surface area contributed by atoms with Gasteiger partial charge in [-0.05, 0) is 18.2 Å². The molecule has 0 unspecified atom stereocenters. The van der Waals surface area contributed by atoms with Gasteiger partial charge >= 0.3 is 6.09 Å². The van der Waals surface area contributed by atoms with E-state index < -0.39 is 6.09 Å². The molecule has 1 saturated heterocycles. The van der Waals surface area contributed by atoms with Crippen molar-refractivity contribution in [2.45, 2.75) is 0 Å². The summed E-state index contributed by atoms with van der Waals surface area (Å²) in [5, 5.41) is 13.0. The number of carbonyl (C=O) groups is 1. The van der Waals surface area contributed by atoms with E-state index in [0.717, 1.165) is 5.69 Å². The van der Waals surface area contributed by atoms with Gasteiger partial charge in [-0.2, -0.15) is 5.10 Å². The number of aromatic nitrogens is 3. The first-order chi connectivity index (χ1) is 10.5. The number of carboxylic acid groups (broad SMARTS) is 1. The molecule has 1 aromatic carbocycles. The Bertz CT molecular complexity index is 694. The zero-order valence-electron chi connectivity index (χ0n) is 12.1. The molecule has 1 N–H and O–H groups in total. The number of hydrogen-bond acceptors (Lipinski definition) is 4. The average molecular weight is 305 g/mol. The van der Waals surface area contributed by atoms with Crippen molar-refractivity contribution in [2.24, 2.45) is 7.05 Å². The van der Waals surface area contributed by atoms with Crippen LogP contribution in [-0.4, -0.2) is 57.0 Å². The number of nitrogens with zero attached hydrogens (tertiary/aromatic N) is 5. The summed E-state index contributed by atoms with van der Waals surface area (Å²) in [5.41, 5.74) is 1.09. The third-order valence-corrected chi connectivity index (χ3v) is 3.71. The monoisotopic (exact) mass is 305 g/mol. The van der Waals surface area contributed by atoms with Crippen molar-refractivity contribution in [3.63, 3.8) is 0 Å². The molecule has 116 valence electrons. The molecule has 0 saturated carbocycles. The maximum Gasteiger partial charge on any atom is 0.407 e. The second-order valence-electron chi connectivity index (χ2n) is 5.16. The SMILES string of the molecule is Cn1cnc(-c2ccc(N3CCN(C(=O)O)CC3)cc2F)n1. The fraction of sp³-hybridized carbons (Fsp3) is 0.357. The molecule has 3 rings (SSSR count). The van der Waals surface area contributed by atoms with E-state index in [0.29, 0.717) is 37.6 Å². The van der Waals surface area contributed by atoms with Crippen LogP contribution < -0.4 is 4.90 Å². The van der Waals surface area contributed by atoms with Crippen LogP contribution in [0.5, 0.6) is 0 Å². The van der Waals surface area contributed by atoms with E-state index in [1.807, 2.05) is 11.0 Å². The highest BCUT2D eigenvalue weighted by atomic mass is 19.1. The summed E-state index contributed by atoms with van der Waals surface area (Å²) in [6.07, 6.45) is 0.607. The zero-order chi connectivity index (χ0) is 15.7. The Hall–Kier alpha value is -2.64. The molecule has 0 spiro atoms. The van der Waals surface area contributed by atoms with Crippen LogP contribution in [0.15, 0.2) is 24.5 Å². The number of anilines is 1. The third-order valence-electron chi connectivity index (χ3n) is 3.71. The highest BCUT2D eigenvalue weighted by molar-refractivity contribution is 5.66. The minimum absolute atomic E-state index is 0.349. The largest absolute Gasteiger partial charge is 0.465 e. The Morgan fingerprint density at radius 3 is 2.55 bits per heavy atom. The second kappa shape index (κ2) is 5.63. The highest BCUT2D eigenvalue weighted by Crippen LogP contribution is 2.25. The van der Waals surface area contributed by atoms with Crippen molar-refractivity contribution in [1.82, 2.24) is 19.7 Å². The van der Waals surface area contributed by atoms with Crippen molar-refractivity contribution >= 4 is 11.8 Å². The van der Waals surface area contributed by atoms with Gasteiger partial charge < -0.3 is 14.9 Å². The van der Waals surface area contributed by atoms with Crippen LogP contribution in [0.3, 0.4) is 0 Å². The molecule has 2 aromatic rings. The van der Waals surface area contributed by atoms with E-state index in [-0.39, 0.29) is 5.82 Å². The number of benzene rings is 1. The van der Waals surface area contributed by atoms with E-state index in [1.54, 1.807) is 13.1 Å². The maximum atomic E-state index is 14.3. The molecule has 1 fully saturated rings. The molecule has 1 amide bonds. The number of amides is 1. The summed E-state index contributed by atoms with van der Waals surface area (Å²) in [6.45, 7) is 1.93. The van der Waals surface area contributed by atoms with Gasteiger partial charge in [0.1, 0.15) is 12.1 Å². The van der Waals surface area contributed by atoms with Gasteiger partial charge in [-0.15, -0.1) is 0 Å². The normalized spacial score (nSPS) is 15.2. The molecule has 2 heterocycles. The van der Waals surface area contributed by atoms with Gasteiger partial charge in [-0.1, -0.05) is 0 Å². The van der Waals surface area contributed by atoms with Crippen molar-refractivity contribution in [3.05, 3.63) is 30.3 Å². The molecular formula is C14H16FN5O2. The summed E-state index contributed by atoms with van der Waals surface area (Å²) in [6, 6.07) is 4.91. The summed E-state index contributed by atoms with van der Waals surface area (Å²) in [4.78, 5) is 18.3. The molecule has 1 aliphatic heterocycles. The molecule has 22 heavy (non-hydrogen) atoms. The summed E-state index contributed by atoms with van der Waals surface area (Å²) in [5.74, 6) is -0.0355. The molecule has 0 aliphatic carbocycles. The van der Waals surface area contributed by atoms with Crippen molar-refractivity contribution in [1.29, 1.82) is 0 Å². The van der Waals surface area contributed by atoms with Gasteiger partial charge in [-0.3, -0.25) is 4.68 Å². The van der Waals surface area contributed by atoms with Crippen molar-refractivity contribution < 1.29 is 14.3 Å². The summed E-state index contributed by atoms with van der Waals surface area (Å²) in [7, 11) is 1.73. The number of rotatable bonds is 2. The Morgan fingerprint density at radius 2 is 2.00 bits per heavy atom. The van der Waals surface area contributed by atoms with Crippen molar-refractivity contribution in [2.75, 3.05) is 31.1 Å². The topological polar surface area (TPSA) is 74.5 Å². The van der Waals surface area contributed by atoms with E-state index >= 15 is 0 Å². The highest BCUT2D eigenvalue weighted by Gasteiger charge is 2.21. The first kappa shape index (κ1) is 14.3. The third kappa shape index (κ3) is 2.72. The van der Waals surface area contributed by atoms with E-state index in [4.69, 9.17) is 5.11 Å². The zero-order valence-corrected chi connectivity index (χ0v) is 12.1. The van der Waals surface area contributed by atoms with Crippen molar-refractivity contribution in [3.8, 4) is 11.4 Å². The van der Waals surface area contributed by atoms with Crippen LogP contribution in [0.4, 0.5) is 14.9 Å². The van der Waals surface area contributed by atoms with Crippen LogP contribution >= 0.6 is 0 Å². The molecule has 1 aliphatic rings. The number of piperazine rings is 1. The standard InChI is InChI=1S/C14H16FN5O2/c1-18-9-16-13(17-18)11-3-2-10(8-12(11)15)19-4-6-20(7-5-19)14(21)22/h2-3,8-9H,4-7H2,1H3,(H,21,22). The minimum Gasteiger partial charge on any atom is -0.465 e. The lowest BCUT2D eigenvalue weighted by molar-refractivity contribution is 0.142. The Kier molecular flexibility index (Phi) is 3.66. The lowest BCUT2D eigenvalue weighted by Crippen LogP contribution is -2.48. The van der Waals surface area contributed by atoms with E-state index in [9.17, 15) is 9.18 Å². The van der Waals surface area contributed by atoms with Crippen LogP contribution in [0.2, 0.25) is 0 Å². The first-order valence-corrected chi connectivity index (χ1v) is 6.93. The van der Waals surface area contributed by atoms with E-state index in [2.05, 4.69) is 10.1 Å². The fourth-order valence-electron chi connectivity index (χ4n) is 2.50. The fourth-order valence-corrected chi connectivity index (χ4v) is 2.50. The van der Waals surface area contributed by atoms with Crippen LogP contribution in [0.1, 0.15) is 0 Å². The molecule has 0 atom stereocenters. The van der Waals surface area contributed by atoms with Gasteiger partial charge in [-0.25, -0.2) is 14.2 Å². The first-order valence-electron chi connectivity index (χ1n) is 6.93. The van der Waals surface area contributed by atoms with Crippen LogP contribution in [0.25, 0.3) is 11.4 Å². The van der Waals surface area contributed by atoms with E-state index in [1.165, 1.54) is 22.0 Å². The molecule has 0 bridgehead atoms. The number of halogens is 1. The Morgan fingerprint density at radius 1 is 1.27 bits per heavy atom. The van der Waals surface area contributed by atoms with Gasteiger partial charge in [0.15, 0.2) is 5.82 Å². The Labute approximate surface area is 126 Å². The predicted molar refractivity (Wildman–Crippen MR) is 78.2 cm³/mol. The Balaban J connectivity index is 1.77. The maximum absolute atomic E-state index is 14.3. The molecular weight excluding hydrogens is 289 g/mol. The minimum atomic E-state index is -0.914. The average Bonchev–Trinajstić information content (AvgIpc) is 2.93. The summed E-state index contributed by atoms with van der Waals surface area (Å²) >= 11 is 0. The molecule has 0 radical (unpaired) electrons. The van der Waals surface area contributed by atoms with Crippen LogP contribution in [-0.2, 0) is 7.05 Å². The predicted octanol–water partition coefficient (Wildman–Crippen LogP) is 1.42. The molecule has 7 nitrogen and oxygen atoms in total. The summed E-state index contributed by atoms with van der Waals surface area (Å²) < 4.78 is 15.8. The van der Waals surface area contributed by atoms with Gasteiger partial charge in [0.25, 0.3) is 0 Å². The molecule has 1 aromatic heterocycles. The van der Waals surface area contributed by atoms with Crippen LogP contribution in [0, 0.1) is 5.82 Å².